The van der Waals surface area contributed by atoms with Crippen LogP contribution in [0.3, 0.4) is 0 Å². The lowest BCUT2D eigenvalue weighted by Crippen LogP contribution is -2.25. The molecule has 3 N–H and O–H groups in total. The zero-order chi connectivity index (χ0) is 22.1. The number of rotatable bonds is 7. The summed E-state index contributed by atoms with van der Waals surface area (Å²) < 4.78 is 28.9. The van der Waals surface area contributed by atoms with Gasteiger partial charge in [0.15, 0.2) is 0 Å². The van der Waals surface area contributed by atoms with Crippen LogP contribution in [-0.4, -0.2) is 47.5 Å². The first-order valence-corrected chi connectivity index (χ1v) is 11.6. The van der Waals surface area contributed by atoms with E-state index in [1.165, 1.54) is 18.5 Å². The molecule has 5 rings (SSSR count). The molecule has 0 saturated carbocycles. The maximum atomic E-state index is 12.3. The molecule has 0 fully saturated rings. The Morgan fingerprint density at radius 2 is 2.09 bits per heavy atom. The van der Waals surface area contributed by atoms with E-state index >= 15 is 0 Å². The SMILES string of the molecule is Nc1nc2cc(C3=CC=NC3)ccc2c2nn(CCCNS(=O)(=O)c3cccnc3)cc12. The zero-order valence-corrected chi connectivity index (χ0v) is 18.0. The zero-order valence-electron chi connectivity index (χ0n) is 17.1. The van der Waals surface area contributed by atoms with Gasteiger partial charge < -0.3 is 5.73 Å². The summed E-state index contributed by atoms with van der Waals surface area (Å²) in [6, 6.07) is 9.18. The summed E-state index contributed by atoms with van der Waals surface area (Å²) in [6.07, 6.45) is 9.09. The molecule has 0 radical (unpaired) electrons. The van der Waals surface area contributed by atoms with E-state index in [0.29, 0.717) is 25.3 Å². The van der Waals surface area contributed by atoms with Crippen molar-refractivity contribution in [3.8, 4) is 0 Å². The molecule has 4 aromatic rings. The van der Waals surface area contributed by atoms with Gasteiger partial charge in [-0.05, 0) is 47.9 Å². The maximum absolute atomic E-state index is 12.3. The Hall–Kier alpha value is -3.63. The van der Waals surface area contributed by atoms with Crippen molar-refractivity contribution in [2.75, 3.05) is 18.8 Å². The van der Waals surface area contributed by atoms with E-state index in [1.807, 2.05) is 36.7 Å². The molecule has 4 heterocycles. The number of anilines is 1. The minimum Gasteiger partial charge on any atom is -0.383 e. The predicted molar refractivity (Wildman–Crippen MR) is 125 cm³/mol. The smallest absolute Gasteiger partial charge is 0.242 e. The first-order valence-electron chi connectivity index (χ1n) is 10.2. The van der Waals surface area contributed by atoms with Crippen LogP contribution in [0.5, 0.6) is 0 Å². The lowest BCUT2D eigenvalue weighted by molar-refractivity contribution is 0.555. The van der Waals surface area contributed by atoms with Gasteiger partial charge in [-0.15, -0.1) is 0 Å². The lowest BCUT2D eigenvalue weighted by atomic mass is 10.0. The third kappa shape index (κ3) is 3.85. The summed E-state index contributed by atoms with van der Waals surface area (Å²) in [7, 11) is -3.57. The molecular weight excluding hydrogens is 426 g/mol. The molecule has 3 aromatic heterocycles. The highest BCUT2D eigenvalue weighted by atomic mass is 32.2. The molecule has 0 spiro atoms. The standard InChI is InChI=1S/C22H21N7O2S/c23-22-19-14-29(10-2-8-26-32(30,31)17-3-1-7-24-13-17)28-21(19)18-5-4-15(11-20(18)27-22)16-6-9-25-12-16/h1,3-7,9,11,13-14,26H,2,8,10,12H2,(H2,23,27). The van der Waals surface area contributed by atoms with Crippen molar-refractivity contribution in [1.82, 2.24) is 24.5 Å². The molecule has 0 saturated heterocycles. The van der Waals surface area contributed by atoms with Gasteiger partial charge in [-0.1, -0.05) is 6.07 Å². The number of nitrogen functional groups attached to an aromatic ring is 1. The van der Waals surface area contributed by atoms with Crippen LogP contribution in [-0.2, 0) is 16.6 Å². The van der Waals surface area contributed by atoms with Gasteiger partial charge in [0.1, 0.15) is 16.2 Å². The molecule has 9 nitrogen and oxygen atoms in total. The Bertz CT molecular complexity index is 1470. The van der Waals surface area contributed by atoms with Gasteiger partial charge in [0.2, 0.25) is 10.0 Å². The average molecular weight is 448 g/mol. The monoisotopic (exact) mass is 447 g/mol. The summed E-state index contributed by atoms with van der Waals surface area (Å²) in [5, 5.41) is 6.40. The van der Waals surface area contributed by atoms with Crippen LogP contribution in [0.1, 0.15) is 12.0 Å². The van der Waals surface area contributed by atoms with Gasteiger partial charge in [-0.2, -0.15) is 5.10 Å². The van der Waals surface area contributed by atoms with E-state index in [2.05, 4.69) is 19.7 Å². The number of aryl methyl sites for hydroxylation is 1. The summed E-state index contributed by atoms with van der Waals surface area (Å²) in [5.41, 5.74) is 10.0. The maximum Gasteiger partial charge on any atom is 0.242 e. The molecule has 0 bridgehead atoms. The number of aromatic nitrogens is 4. The third-order valence-electron chi connectivity index (χ3n) is 5.35. The van der Waals surface area contributed by atoms with Crippen molar-refractivity contribution < 1.29 is 8.42 Å². The number of nitrogens with two attached hydrogens (primary N) is 1. The highest BCUT2D eigenvalue weighted by molar-refractivity contribution is 7.89. The highest BCUT2D eigenvalue weighted by Crippen LogP contribution is 2.29. The molecule has 32 heavy (non-hydrogen) atoms. The van der Waals surface area contributed by atoms with Crippen LogP contribution in [0.25, 0.3) is 27.4 Å². The molecule has 1 aromatic carbocycles. The van der Waals surface area contributed by atoms with E-state index in [0.717, 1.165) is 32.9 Å². The van der Waals surface area contributed by atoms with Gasteiger partial charge in [0, 0.05) is 43.3 Å². The topological polar surface area (TPSA) is 128 Å². The highest BCUT2D eigenvalue weighted by Gasteiger charge is 2.15. The van der Waals surface area contributed by atoms with Gasteiger partial charge in [0.25, 0.3) is 0 Å². The summed E-state index contributed by atoms with van der Waals surface area (Å²) in [6.45, 7) is 1.48. The van der Waals surface area contributed by atoms with E-state index < -0.39 is 10.0 Å². The van der Waals surface area contributed by atoms with Crippen molar-refractivity contribution in [2.24, 2.45) is 4.99 Å². The van der Waals surface area contributed by atoms with Gasteiger partial charge in [-0.3, -0.25) is 14.7 Å². The number of pyridine rings is 2. The van der Waals surface area contributed by atoms with E-state index in [9.17, 15) is 8.42 Å². The normalized spacial score (nSPS) is 13.8. The van der Waals surface area contributed by atoms with Crippen molar-refractivity contribution >= 4 is 49.4 Å². The van der Waals surface area contributed by atoms with Gasteiger partial charge >= 0.3 is 0 Å². The summed E-state index contributed by atoms with van der Waals surface area (Å²) in [4.78, 5) is 12.8. The fourth-order valence-electron chi connectivity index (χ4n) is 3.71. The van der Waals surface area contributed by atoms with E-state index in [4.69, 9.17) is 10.8 Å². The number of hydrogen-bond acceptors (Lipinski definition) is 7. The van der Waals surface area contributed by atoms with Crippen LogP contribution in [0.4, 0.5) is 5.82 Å². The number of benzene rings is 1. The molecule has 0 unspecified atom stereocenters. The van der Waals surface area contributed by atoms with Crippen LogP contribution < -0.4 is 10.5 Å². The molecular formula is C22H21N7O2S. The summed E-state index contributed by atoms with van der Waals surface area (Å²) in [5.74, 6) is 0.421. The van der Waals surface area contributed by atoms with Crippen LogP contribution in [0.15, 0.2) is 64.9 Å². The largest absolute Gasteiger partial charge is 0.383 e. The fourth-order valence-corrected chi connectivity index (χ4v) is 4.74. The average Bonchev–Trinajstić information content (AvgIpc) is 3.48. The van der Waals surface area contributed by atoms with Crippen molar-refractivity contribution in [3.05, 3.63) is 60.6 Å². The minimum absolute atomic E-state index is 0.148. The van der Waals surface area contributed by atoms with E-state index in [1.54, 1.807) is 10.7 Å². The van der Waals surface area contributed by atoms with Crippen molar-refractivity contribution in [3.63, 3.8) is 0 Å². The third-order valence-corrected chi connectivity index (χ3v) is 6.79. The van der Waals surface area contributed by atoms with E-state index in [-0.39, 0.29) is 11.4 Å². The minimum atomic E-state index is -3.57. The van der Waals surface area contributed by atoms with Gasteiger partial charge in [-0.25, -0.2) is 18.1 Å². The predicted octanol–water partition coefficient (Wildman–Crippen LogP) is 2.40. The molecule has 10 heteroatoms. The number of fused-ring (bicyclic) bond motifs is 3. The molecule has 1 aliphatic heterocycles. The van der Waals surface area contributed by atoms with Gasteiger partial charge in [0.05, 0.1) is 17.4 Å². The molecule has 1 aliphatic rings. The number of nitrogens with zero attached hydrogens (tertiary/aromatic N) is 5. The lowest BCUT2D eigenvalue weighted by Gasteiger charge is -2.06. The van der Waals surface area contributed by atoms with Crippen LogP contribution in [0, 0.1) is 0 Å². The number of nitrogens with one attached hydrogen (secondary N) is 1. The van der Waals surface area contributed by atoms with Crippen molar-refractivity contribution in [2.45, 2.75) is 17.9 Å². The van der Waals surface area contributed by atoms with Crippen molar-refractivity contribution in [1.29, 1.82) is 0 Å². The Labute approximate surface area is 184 Å². The molecule has 0 amide bonds. The number of sulfonamides is 1. The number of aliphatic imine (C=N–C) groups is 1. The van der Waals surface area contributed by atoms with Crippen LogP contribution in [0.2, 0.25) is 0 Å². The quantitative estimate of drug-likeness (QED) is 0.419. The number of allylic oxidation sites excluding steroid dienone is 1. The Balaban J connectivity index is 1.33. The number of hydrogen-bond donors (Lipinski definition) is 2. The fraction of sp³-hybridized carbons (Fsp3) is 0.182. The molecule has 0 aliphatic carbocycles. The van der Waals surface area contributed by atoms with Crippen LogP contribution >= 0.6 is 0 Å². The first-order chi connectivity index (χ1) is 15.5. The second-order valence-corrected chi connectivity index (χ2v) is 9.27. The molecule has 162 valence electrons. The summed E-state index contributed by atoms with van der Waals surface area (Å²) >= 11 is 0. The first kappa shape index (κ1) is 20.3. The Morgan fingerprint density at radius 3 is 2.88 bits per heavy atom. The Kier molecular flexibility index (Phi) is 5.16. The second-order valence-electron chi connectivity index (χ2n) is 7.51. The Morgan fingerprint density at radius 1 is 1.19 bits per heavy atom. The second kappa shape index (κ2) is 8.13. The molecule has 0 atom stereocenters.